The van der Waals surface area contributed by atoms with Gasteiger partial charge in [-0.2, -0.15) is 0 Å². The summed E-state index contributed by atoms with van der Waals surface area (Å²) in [6, 6.07) is 11.3. The van der Waals surface area contributed by atoms with E-state index < -0.39 is 0 Å². The molecule has 1 aromatic carbocycles. The second-order valence-electron chi connectivity index (χ2n) is 4.70. The zero-order valence-corrected chi connectivity index (χ0v) is 15.1. The Morgan fingerprint density at radius 1 is 1.25 bits per heavy atom. The van der Waals surface area contributed by atoms with Crippen LogP contribution in [0.1, 0.15) is 29.8 Å². The molecule has 0 spiro atoms. The summed E-state index contributed by atoms with van der Waals surface area (Å²) in [5, 5.41) is 5.86. The Labute approximate surface area is 138 Å². The molecule has 0 saturated heterocycles. The van der Waals surface area contributed by atoms with Gasteiger partial charge in [-0.1, -0.05) is 22.9 Å². The highest BCUT2D eigenvalue weighted by molar-refractivity contribution is 9.10. The maximum absolute atomic E-state index is 3.67. The highest BCUT2D eigenvalue weighted by Gasteiger charge is 2.14. The number of thiophene rings is 1. The van der Waals surface area contributed by atoms with Crippen molar-refractivity contribution in [2.75, 3.05) is 12.3 Å². The minimum atomic E-state index is 0.440. The van der Waals surface area contributed by atoms with Crippen LogP contribution in [0.4, 0.5) is 0 Å². The Hall–Kier alpha value is -0.290. The third-order valence-corrected chi connectivity index (χ3v) is 5.64. The standard InChI is InChI=1S/C16H20BrNS2/c1-3-9-18-16(15-8-10-19-12(15)2)11-20-14-6-4-13(17)5-7-14/h4-8,10,16,18H,3,9,11H2,1-2H3. The highest BCUT2D eigenvalue weighted by Crippen LogP contribution is 2.29. The SMILES string of the molecule is CCCNC(CSc1ccc(Br)cc1)c1ccsc1C. The predicted octanol–water partition coefficient (Wildman–Crippen LogP) is 5.65. The van der Waals surface area contributed by atoms with Crippen molar-refractivity contribution in [3.63, 3.8) is 0 Å². The Kier molecular flexibility index (Phi) is 6.62. The van der Waals surface area contributed by atoms with Gasteiger partial charge in [-0.05, 0) is 61.2 Å². The van der Waals surface area contributed by atoms with Crippen LogP contribution >= 0.6 is 39.0 Å². The quantitative estimate of drug-likeness (QED) is 0.632. The summed E-state index contributed by atoms with van der Waals surface area (Å²) < 4.78 is 1.14. The molecule has 1 atom stereocenters. The molecule has 0 aliphatic rings. The first-order chi connectivity index (χ1) is 9.70. The molecule has 1 unspecified atom stereocenters. The van der Waals surface area contributed by atoms with Gasteiger partial charge in [-0.15, -0.1) is 23.1 Å². The van der Waals surface area contributed by atoms with Crippen LogP contribution in [0.3, 0.4) is 0 Å². The molecular weight excluding hydrogens is 350 g/mol. The van der Waals surface area contributed by atoms with E-state index in [4.69, 9.17) is 0 Å². The minimum Gasteiger partial charge on any atom is -0.309 e. The fourth-order valence-electron chi connectivity index (χ4n) is 2.04. The van der Waals surface area contributed by atoms with Gasteiger partial charge in [0.15, 0.2) is 0 Å². The largest absolute Gasteiger partial charge is 0.309 e. The summed E-state index contributed by atoms with van der Waals surface area (Å²) in [4.78, 5) is 2.75. The molecule has 2 aromatic rings. The molecule has 0 fully saturated rings. The molecule has 1 N–H and O–H groups in total. The summed E-state index contributed by atoms with van der Waals surface area (Å²) >= 11 is 7.23. The zero-order chi connectivity index (χ0) is 14.4. The normalized spacial score (nSPS) is 12.6. The van der Waals surface area contributed by atoms with Gasteiger partial charge in [0.2, 0.25) is 0 Å². The Morgan fingerprint density at radius 3 is 2.60 bits per heavy atom. The average Bonchev–Trinajstić information content (AvgIpc) is 2.87. The lowest BCUT2D eigenvalue weighted by atomic mass is 10.1. The van der Waals surface area contributed by atoms with Gasteiger partial charge in [-0.3, -0.25) is 0 Å². The molecule has 0 aliphatic heterocycles. The lowest BCUT2D eigenvalue weighted by molar-refractivity contribution is 0.577. The van der Waals surface area contributed by atoms with Crippen LogP contribution in [0.2, 0.25) is 0 Å². The average molecular weight is 370 g/mol. The molecule has 0 amide bonds. The van der Waals surface area contributed by atoms with E-state index in [9.17, 15) is 0 Å². The van der Waals surface area contributed by atoms with Gasteiger partial charge < -0.3 is 5.32 Å². The number of hydrogen-bond donors (Lipinski definition) is 1. The van der Waals surface area contributed by atoms with E-state index in [1.165, 1.54) is 21.8 Å². The molecule has 108 valence electrons. The van der Waals surface area contributed by atoms with Crippen molar-refractivity contribution in [3.8, 4) is 0 Å². The maximum atomic E-state index is 3.67. The van der Waals surface area contributed by atoms with Gasteiger partial charge in [0.25, 0.3) is 0 Å². The smallest absolute Gasteiger partial charge is 0.0426 e. The first-order valence-corrected chi connectivity index (χ1v) is 9.52. The number of rotatable bonds is 7. The maximum Gasteiger partial charge on any atom is 0.0426 e. The monoisotopic (exact) mass is 369 g/mol. The van der Waals surface area contributed by atoms with E-state index in [1.807, 2.05) is 23.1 Å². The number of hydrogen-bond acceptors (Lipinski definition) is 3. The van der Waals surface area contributed by atoms with E-state index in [1.54, 1.807) is 0 Å². The van der Waals surface area contributed by atoms with Crippen LogP contribution < -0.4 is 5.32 Å². The molecule has 1 aromatic heterocycles. The van der Waals surface area contributed by atoms with Crippen LogP contribution in [0, 0.1) is 6.92 Å². The Balaban J connectivity index is 2.01. The molecule has 0 aliphatic carbocycles. The summed E-state index contributed by atoms with van der Waals surface area (Å²) in [7, 11) is 0. The molecule has 1 nitrogen and oxygen atoms in total. The number of benzene rings is 1. The summed E-state index contributed by atoms with van der Waals surface area (Å²) in [5.74, 6) is 1.07. The zero-order valence-electron chi connectivity index (χ0n) is 11.9. The topological polar surface area (TPSA) is 12.0 Å². The van der Waals surface area contributed by atoms with E-state index in [0.717, 1.165) is 16.8 Å². The third-order valence-electron chi connectivity index (χ3n) is 3.15. The Morgan fingerprint density at radius 2 is 2.00 bits per heavy atom. The first kappa shape index (κ1) is 16.1. The fourth-order valence-corrected chi connectivity index (χ4v) is 4.06. The van der Waals surface area contributed by atoms with Crippen molar-refractivity contribution in [3.05, 3.63) is 50.6 Å². The second-order valence-corrected chi connectivity index (χ2v) is 7.83. The molecule has 2 rings (SSSR count). The van der Waals surface area contributed by atoms with Crippen LogP contribution in [0.25, 0.3) is 0 Å². The lowest BCUT2D eigenvalue weighted by Gasteiger charge is -2.18. The molecule has 0 saturated carbocycles. The van der Waals surface area contributed by atoms with Gasteiger partial charge in [0, 0.05) is 26.0 Å². The molecular formula is C16H20BrNS2. The van der Waals surface area contributed by atoms with Crippen molar-refractivity contribution in [1.82, 2.24) is 5.32 Å². The van der Waals surface area contributed by atoms with Crippen molar-refractivity contribution >= 4 is 39.0 Å². The van der Waals surface area contributed by atoms with Crippen LogP contribution in [-0.2, 0) is 0 Å². The van der Waals surface area contributed by atoms with E-state index in [-0.39, 0.29) is 0 Å². The second kappa shape index (κ2) is 8.23. The summed E-state index contributed by atoms with van der Waals surface area (Å²) in [5.41, 5.74) is 1.45. The number of thioether (sulfide) groups is 1. The van der Waals surface area contributed by atoms with Gasteiger partial charge in [0.05, 0.1) is 0 Å². The number of halogens is 1. The molecule has 20 heavy (non-hydrogen) atoms. The van der Waals surface area contributed by atoms with Crippen LogP contribution in [0.15, 0.2) is 45.1 Å². The predicted molar refractivity (Wildman–Crippen MR) is 95.0 cm³/mol. The van der Waals surface area contributed by atoms with Crippen molar-refractivity contribution in [1.29, 1.82) is 0 Å². The molecule has 1 heterocycles. The number of aryl methyl sites for hydroxylation is 1. The Bertz CT molecular complexity index is 522. The molecule has 0 radical (unpaired) electrons. The van der Waals surface area contributed by atoms with Gasteiger partial charge >= 0.3 is 0 Å². The lowest BCUT2D eigenvalue weighted by Crippen LogP contribution is -2.24. The highest BCUT2D eigenvalue weighted by atomic mass is 79.9. The van der Waals surface area contributed by atoms with Crippen molar-refractivity contribution < 1.29 is 0 Å². The minimum absolute atomic E-state index is 0.440. The molecule has 4 heteroatoms. The first-order valence-electron chi connectivity index (χ1n) is 6.86. The summed E-state index contributed by atoms with van der Waals surface area (Å²) in [6.07, 6.45) is 1.17. The number of nitrogens with one attached hydrogen (secondary N) is 1. The molecule has 0 bridgehead atoms. The van der Waals surface area contributed by atoms with E-state index in [2.05, 4.69) is 70.8 Å². The van der Waals surface area contributed by atoms with Crippen LogP contribution in [0.5, 0.6) is 0 Å². The van der Waals surface area contributed by atoms with Crippen molar-refractivity contribution in [2.45, 2.75) is 31.2 Å². The van der Waals surface area contributed by atoms with Crippen LogP contribution in [-0.4, -0.2) is 12.3 Å². The van der Waals surface area contributed by atoms with E-state index >= 15 is 0 Å². The summed E-state index contributed by atoms with van der Waals surface area (Å²) in [6.45, 7) is 5.50. The van der Waals surface area contributed by atoms with Crippen molar-refractivity contribution in [2.24, 2.45) is 0 Å². The third kappa shape index (κ3) is 4.62. The van der Waals surface area contributed by atoms with Gasteiger partial charge in [0.1, 0.15) is 0 Å². The van der Waals surface area contributed by atoms with E-state index in [0.29, 0.717) is 6.04 Å². The fraction of sp³-hybridized carbons (Fsp3) is 0.375. The van der Waals surface area contributed by atoms with Gasteiger partial charge in [-0.25, -0.2) is 0 Å².